The van der Waals surface area contributed by atoms with Gasteiger partial charge in [-0.15, -0.1) is 6.42 Å². The standard InChI is InChI=1S/C29H28FN5O3S.C7H12FN/c1-3-21-23(30)10-7-16-11-20(36)12-22(26(16)21)25-13-24-27(39(37)35(25)19-5-4-6-19)28(33-29(32-24)38-2)34-14-17-8-9-18(15-34)31-17;8-6-4-7-2-1-3-9(7)5-6/h1,7,10-13,17-19,31,36H,4-6,8-9,14-15H2,2H3;6-7H,1-5H2. The first-order chi connectivity index (χ1) is 23.3. The summed E-state index contributed by atoms with van der Waals surface area (Å²) in [5.41, 5.74) is 1.69. The van der Waals surface area contributed by atoms with E-state index in [1.54, 1.807) is 18.2 Å². The van der Waals surface area contributed by atoms with Gasteiger partial charge in [-0.25, -0.2) is 13.0 Å². The van der Waals surface area contributed by atoms with Gasteiger partial charge in [0.2, 0.25) is 0 Å². The van der Waals surface area contributed by atoms with Gasteiger partial charge in [0, 0.05) is 54.8 Å². The third kappa shape index (κ3) is 5.50. The summed E-state index contributed by atoms with van der Waals surface area (Å²) in [6.45, 7) is 3.39. The van der Waals surface area contributed by atoms with Gasteiger partial charge in [-0.2, -0.15) is 9.97 Å². The summed E-state index contributed by atoms with van der Waals surface area (Å²) in [5, 5.41) is 15.4. The topological polar surface area (TPSA) is 94.1 Å². The monoisotopic (exact) mass is 674 g/mol. The van der Waals surface area contributed by atoms with Crippen LogP contribution < -0.4 is 15.0 Å². The van der Waals surface area contributed by atoms with Crippen LogP contribution in [0.15, 0.2) is 29.2 Å². The molecule has 0 amide bonds. The van der Waals surface area contributed by atoms with Crippen molar-refractivity contribution in [2.75, 3.05) is 38.2 Å². The fourth-order valence-electron chi connectivity index (χ4n) is 8.30. The number of nitrogens with one attached hydrogen (secondary N) is 1. The molecule has 6 heterocycles. The molecule has 5 unspecified atom stereocenters. The van der Waals surface area contributed by atoms with E-state index in [0.717, 1.165) is 58.2 Å². The molecule has 2 aromatic carbocycles. The molecule has 0 spiro atoms. The first-order valence-corrected chi connectivity index (χ1v) is 18.1. The van der Waals surface area contributed by atoms with Crippen molar-refractivity contribution >= 4 is 39.3 Å². The molecule has 1 aliphatic carbocycles. The number of benzene rings is 2. The van der Waals surface area contributed by atoms with Crippen molar-refractivity contribution in [1.82, 2.24) is 24.5 Å². The number of halogens is 2. The van der Waals surface area contributed by atoms with Crippen LogP contribution in [0, 0.1) is 18.2 Å². The van der Waals surface area contributed by atoms with Gasteiger partial charge in [0.05, 0.1) is 24.1 Å². The lowest BCUT2D eigenvalue weighted by atomic mass is 9.90. The highest BCUT2D eigenvalue weighted by Crippen LogP contribution is 2.46. The normalized spacial score (nSPS) is 27.9. The molecule has 6 aliphatic rings. The number of aromatic hydroxyl groups is 1. The zero-order valence-electron chi connectivity index (χ0n) is 27.0. The molecule has 2 bridgehead atoms. The lowest BCUT2D eigenvalue weighted by Crippen LogP contribution is -2.52. The van der Waals surface area contributed by atoms with Crippen molar-refractivity contribution in [3.05, 3.63) is 46.9 Å². The number of terminal acetylenes is 1. The number of anilines is 1. The summed E-state index contributed by atoms with van der Waals surface area (Å²) in [6.07, 6.45) is 15.4. The van der Waals surface area contributed by atoms with E-state index >= 15 is 0 Å². The summed E-state index contributed by atoms with van der Waals surface area (Å²) in [5.74, 6) is 2.60. The highest BCUT2D eigenvalue weighted by atomic mass is 32.2. The lowest BCUT2D eigenvalue weighted by molar-refractivity contribution is 0.288. The van der Waals surface area contributed by atoms with Crippen molar-refractivity contribution in [3.63, 3.8) is 0 Å². The number of methoxy groups -OCH3 is 1. The van der Waals surface area contributed by atoms with Crippen LogP contribution in [0.5, 0.6) is 11.8 Å². The molecule has 9 nitrogen and oxygen atoms in total. The van der Waals surface area contributed by atoms with Crippen molar-refractivity contribution in [2.45, 2.75) is 86.6 Å². The minimum absolute atomic E-state index is 0.00960. The number of nitrogens with zero attached hydrogens (tertiary/aromatic N) is 5. The number of phenols is 1. The molecule has 1 saturated carbocycles. The van der Waals surface area contributed by atoms with Gasteiger partial charge in [0.15, 0.2) is 16.8 Å². The minimum Gasteiger partial charge on any atom is -0.508 e. The van der Waals surface area contributed by atoms with Gasteiger partial charge in [-0.3, -0.25) is 9.21 Å². The number of fused-ring (bicyclic) bond motifs is 5. The van der Waals surface area contributed by atoms with E-state index in [1.165, 1.54) is 26.0 Å². The van der Waals surface area contributed by atoms with E-state index in [2.05, 4.69) is 26.0 Å². The fourth-order valence-corrected chi connectivity index (χ4v) is 9.92. The quantitative estimate of drug-likeness (QED) is 0.375. The molecule has 5 aliphatic heterocycles. The van der Waals surface area contributed by atoms with Crippen LogP contribution in [-0.4, -0.2) is 92.1 Å². The summed E-state index contributed by atoms with van der Waals surface area (Å²) >= 11 is 0. The number of ether oxygens (including phenoxy) is 1. The van der Waals surface area contributed by atoms with Gasteiger partial charge < -0.3 is 20.1 Å². The number of hydrogen-bond donors (Lipinski definition) is 2. The number of alkyl halides is 1. The van der Waals surface area contributed by atoms with Crippen molar-refractivity contribution in [2.24, 2.45) is 0 Å². The molecule has 0 radical (unpaired) electrons. The number of aromatic nitrogens is 2. The van der Waals surface area contributed by atoms with Crippen LogP contribution in [0.25, 0.3) is 22.5 Å². The van der Waals surface area contributed by atoms with Crippen LogP contribution in [0.4, 0.5) is 14.6 Å². The smallest absolute Gasteiger partial charge is 0.318 e. The van der Waals surface area contributed by atoms with Gasteiger partial charge in [-0.05, 0) is 87.6 Å². The number of rotatable bonds is 4. The van der Waals surface area contributed by atoms with E-state index in [4.69, 9.17) is 16.1 Å². The summed E-state index contributed by atoms with van der Waals surface area (Å²) in [4.78, 5) is 14.4. The Morgan fingerprint density at radius 1 is 1.06 bits per heavy atom. The summed E-state index contributed by atoms with van der Waals surface area (Å²) < 4.78 is 49.4. The Morgan fingerprint density at radius 2 is 1.83 bits per heavy atom. The van der Waals surface area contributed by atoms with E-state index in [-0.39, 0.29) is 23.4 Å². The van der Waals surface area contributed by atoms with Crippen LogP contribution in [0.2, 0.25) is 0 Å². The van der Waals surface area contributed by atoms with Crippen LogP contribution in [0.3, 0.4) is 0 Å². The summed E-state index contributed by atoms with van der Waals surface area (Å²) in [7, 11) is -0.139. The van der Waals surface area contributed by atoms with Crippen molar-refractivity contribution in [1.29, 1.82) is 0 Å². The molecular weight excluding hydrogens is 634 g/mol. The van der Waals surface area contributed by atoms with E-state index in [9.17, 15) is 18.1 Å². The largest absolute Gasteiger partial charge is 0.508 e. The Labute approximate surface area is 281 Å². The molecule has 5 fully saturated rings. The highest BCUT2D eigenvalue weighted by molar-refractivity contribution is 7.83. The van der Waals surface area contributed by atoms with Gasteiger partial charge in [0.1, 0.15) is 22.6 Å². The van der Waals surface area contributed by atoms with Crippen LogP contribution in [-0.2, 0) is 11.0 Å². The fraction of sp³-hybridized carbons (Fsp3) is 0.500. The zero-order chi connectivity index (χ0) is 33.1. The first-order valence-electron chi connectivity index (χ1n) is 17.0. The van der Waals surface area contributed by atoms with Gasteiger partial charge >= 0.3 is 6.01 Å². The number of phenolic OH excluding ortho intramolecular Hbond substituents is 1. The molecule has 5 atom stereocenters. The third-order valence-electron chi connectivity index (χ3n) is 10.8. The predicted octanol–water partition coefficient (Wildman–Crippen LogP) is 4.99. The molecule has 3 aromatic rings. The Morgan fingerprint density at radius 3 is 2.52 bits per heavy atom. The maximum atomic E-state index is 14.9. The van der Waals surface area contributed by atoms with Crippen molar-refractivity contribution < 1.29 is 22.8 Å². The van der Waals surface area contributed by atoms with E-state index in [0.29, 0.717) is 63.1 Å². The second kappa shape index (κ2) is 12.6. The Bertz CT molecular complexity index is 1840. The molecule has 48 heavy (non-hydrogen) atoms. The average Bonchev–Trinajstić information content (AvgIpc) is 3.74. The molecule has 252 valence electrons. The van der Waals surface area contributed by atoms with Gasteiger partial charge in [-0.1, -0.05) is 12.0 Å². The summed E-state index contributed by atoms with van der Waals surface area (Å²) in [6, 6.07) is 7.56. The van der Waals surface area contributed by atoms with Crippen LogP contribution >= 0.6 is 0 Å². The molecule has 9 rings (SSSR count). The maximum absolute atomic E-state index is 14.9. The van der Waals surface area contributed by atoms with Crippen LogP contribution in [0.1, 0.15) is 68.2 Å². The Hall–Kier alpha value is -3.79. The zero-order valence-corrected chi connectivity index (χ0v) is 27.8. The van der Waals surface area contributed by atoms with Crippen molar-refractivity contribution in [3.8, 4) is 24.1 Å². The molecule has 2 N–H and O–H groups in total. The first kappa shape index (κ1) is 31.5. The molecule has 4 saturated heterocycles. The maximum Gasteiger partial charge on any atom is 0.318 e. The predicted molar refractivity (Wildman–Crippen MR) is 182 cm³/mol. The number of hydrogen-bond acceptors (Lipinski definition) is 8. The molecule has 12 heteroatoms. The minimum atomic E-state index is -1.66. The Balaban J connectivity index is 0.000000321. The second-order valence-electron chi connectivity index (χ2n) is 13.8. The van der Waals surface area contributed by atoms with E-state index < -0.39 is 23.0 Å². The lowest BCUT2D eigenvalue weighted by Gasteiger charge is -2.42. The highest BCUT2D eigenvalue weighted by Gasteiger charge is 2.41. The second-order valence-corrected chi connectivity index (χ2v) is 15.1. The number of piperazine rings is 1. The van der Waals surface area contributed by atoms with E-state index in [1.807, 2.05) is 10.4 Å². The third-order valence-corrected chi connectivity index (χ3v) is 12.3. The van der Waals surface area contributed by atoms with Gasteiger partial charge in [0.25, 0.3) is 0 Å². The molecular formula is C36H40F2N6O3S. The SMILES string of the molecule is C#Cc1c(F)ccc2cc(O)cc(C3=Cc4nc(OC)nc(N5CC6CCC(C5)N6)c4S(=O)N3C3CCC3)c12.FC1CC2CCCN2C1. The average molecular weight is 675 g/mol. The molecule has 1 aromatic heterocycles. The Kier molecular flexibility index (Phi) is 8.25.